The standard InChI is InChI=1S/C27H26O4/c1-2-16-31-26(27(28)29)18-19-11-13-20(14-12-19)30-17-15-25-23-9-5-3-7-21(23)22-8-4-6-10-24(22)25/h3-15,26H,2,16-18H2,1H3,(H,28,29). The molecule has 1 atom stereocenters. The van der Waals surface area contributed by atoms with Crippen molar-refractivity contribution in [3.63, 3.8) is 0 Å². The van der Waals surface area contributed by atoms with Crippen LogP contribution in [0.25, 0.3) is 16.7 Å². The van der Waals surface area contributed by atoms with Crippen LogP contribution in [0.15, 0.2) is 78.9 Å². The van der Waals surface area contributed by atoms with Gasteiger partial charge in [0, 0.05) is 13.0 Å². The summed E-state index contributed by atoms with van der Waals surface area (Å²) in [7, 11) is 0. The second-order valence-electron chi connectivity index (χ2n) is 7.57. The van der Waals surface area contributed by atoms with E-state index in [0.29, 0.717) is 19.6 Å². The maximum Gasteiger partial charge on any atom is 0.333 e. The fraction of sp³-hybridized carbons (Fsp3) is 0.222. The molecule has 0 bridgehead atoms. The predicted octanol–water partition coefficient (Wildman–Crippen LogP) is 5.60. The number of aliphatic carboxylic acids is 1. The Bertz CT molecular complexity index is 1030. The molecule has 4 heteroatoms. The van der Waals surface area contributed by atoms with Gasteiger partial charge in [0.05, 0.1) is 0 Å². The molecule has 0 saturated carbocycles. The summed E-state index contributed by atoms with van der Waals surface area (Å²) >= 11 is 0. The van der Waals surface area contributed by atoms with Gasteiger partial charge < -0.3 is 14.6 Å². The SMILES string of the molecule is CCCOC(Cc1ccc(OCC=C2c3ccccc3-c3ccccc32)cc1)C(=O)O. The van der Waals surface area contributed by atoms with Crippen LogP contribution < -0.4 is 4.74 Å². The molecule has 0 spiro atoms. The molecule has 1 aliphatic rings. The Hall–Kier alpha value is -3.37. The summed E-state index contributed by atoms with van der Waals surface area (Å²) in [6.45, 7) is 2.86. The highest BCUT2D eigenvalue weighted by Gasteiger charge is 2.22. The van der Waals surface area contributed by atoms with Crippen LogP contribution in [0.3, 0.4) is 0 Å². The highest BCUT2D eigenvalue weighted by atomic mass is 16.5. The van der Waals surface area contributed by atoms with E-state index in [4.69, 9.17) is 9.47 Å². The Morgan fingerprint density at radius 2 is 1.48 bits per heavy atom. The number of ether oxygens (including phenoxy) is 2. The molecular formula is C27H26O4. The smallest absolute Gasteiger partial charge is 0.333 e. The first-order valence-corrected chi connectivity index (χ1v) is 10.6. The Balaban J connectivity index is 1.42. The minimum Gasteiger partial charge on any atom is -0.490 e. The van der Waals surface area contributed by atoms with Crippen molar-refractivity contribution >= 4 is 11.5 Å². The molecule has 0 aromatic heterocycles. The van der Waals surface area contributed by atoms with Crippen molar-refractivity contribution in [2.45, 2.75) is 25.9 Å². The second-order valence-corrected chi connectivity index (χ2v) is 7.57. The van der Waals surface area contributed by atoms with Gasteiger partial charge in [-0.25, -0.2) is 4.79 Å². The number of carboxylic acids is 1. The number of hydrogen-bond donors (Lipinski definition) is 1. The van der Waals surface area contributed by atoms with E-state index in [1.807, 2.05) is 31.2 Å². The van der Waals surface area contributed by atoms with Crippen LogP contribution in [0.1, 0.15) is 30.0 Å². The zero-order valence-corrected chi connectivity index (χ0v) is 17.6. The lowest BCUT2D eigenvalue weighted by atomic mass is 10.0. The first-order chi connectivity index (χ1) is 15.2. The van der Waals surface area contributed by atoms with Crippen LogP contribution in [0.4, 0.5) is 0 Å². The molecule has 3 aromatic carbocycles. The minimum atomic E-state index is -0.933. The van der Waals surface area contributed by atoms with E-state index in [9.17, 15) is 9.90 Å². The van der Waals surface area contributed by atoms with E-state index in [0.717, 1.165) is 17.7 Å². The van der Waals surface area contributed by atoms with Gasteiger partial charge in [0.1, 0.15) is 12.4 Å². The summed E-state index contributed by atoms with van der Waals surface area (Å²) in [4.78, 5) is 11.4. The molecule has 1 N–H and O–H groups in total. The number of benzene rings is 3. The van der Waals surface area contributed by atoms with Crippen molar-refractivity contribution in [3.8, 4) is 16.9 Å². The van der Waals surface area contributed by atoms with Crippen molar-refractivity contribution in [1.82, 2.24) is 0 Å². The van der Waals surface area contributed by atoms with Gasteiger partial charge in [0.2, 0.25) is 0 Å². The number of hydrogen-bond acceptors (Lipinski definition) is 3. The summed E-state index contributed by atoms with van der Waals surface area (Å²) in [6.07, 6.45) is 2.44. The van der Waals surface area contributed by atoms with Crippen molar-refractivity contribution in [2.75, 3.05) is 13.2 Å². The van der Waals surface area contributed by atoms with Crippen molar-refractivity contribution in [1.29, 1.82) is 0 Å². The Kier molecular flexibility index (Phi) is 6.48. The first kappa shape index (κ1) is 20.9. The van der Waals surface area contributed by atoms with Crippen LogP contribution in [-0.4, -0.2) is 30.4 Å². The zero-order valence-electron chi connectivity index (χ0n) is 17.6. The van der Waals surface area contributed by atoms with Gasteiger partial charge in [-0.1, -0.05) is 67.6 Å². The van der Waals surface area contributed by atoms with Gasteiger partial charge in [0.25, 0.3) is 0 Å². The van der Waals surface area contributed by atoms with Gasteiger partial charge in [-0.2, -0.15) is 0 Å². The zero-order chi connectivity index (χ0) is 21.6. The normalized spacial score (nSPS) is 12.7. The summed E-state index contributed by atoms with van der Waals surface area (Å²) in [6, 6.07) is 24.4. The molecule has 0 saturated heterocycles. The van der Waals surface area contributed by atoms with Crippen LogP contribution in [0, 0.1) is 0 Å². The predicted molar refractivity (Wildman–Crippen MR) is 122 cm³/mol. The monoisotopic (exact) mass is 414 g/mol. The van der Waals surface area contributed by atoms with E-state index >= 15 is 0 Å². The van der Waals surface area contributed by atoms with Crippen molar-refractivity contribution in [2.24, 2.45) is 0 Å². The second kappa shape index (κ2) is 9.63. The first-order valence-electron chi connectivity index (χ1n) is 10.6. The van der Waals surface area contributed by atoms with Crippen LogP contribution in [0.5, 0.6) is 5.75 Å². The van der Waals surface area contributed by atoms with Crippen LogP contribution >= 0.6 is 0 Å². The molecule has 0 aliphatic heterocycles. The molecule has 1 aliphatic carbocycles. The van der Waals surface area contributed by atoms with Gasteiger partial charge in [-0.05, 0) is 58.0 Å². The maximum absolute atomic E-state index is 11.4. The lowest BCUT2D eigenvalue weighted by Crippen LogP contribution is -2.26. The molecule has 31 heavy (non-hydrogen) atoms. The molecule has 158 valence electrons. The van der Waals surface area contributed by atoms with Gasteiger partial charge in [-0.3, -0.25) is 0 Å². The van der Waals surface area contributed by atoms with Gasteiger partial charge in [0.15, 0.2) is 6.10 Å². The average molecular weight is 415 g/mol. The van der Waals surface area contributed by atoms with E-state index in [1.165, 1.54) is 27.8 Å². The van der Waals surface area contributed by atoms with Crippen LogP contribution in [-0.2, 0) is 16.0 Å². The molecule has 1 unspecified atom stereocenters. The molecule has 0 radical (unpaired) electrons. The quantitative estimate of drug-likeness (QED) is 0.387. The van der Waals surface area contributed by atoms with Gasteiger partial charge >= 0.3 is 5.97 Å². The van der Waals surface area contributed by atoms with E-state index in [2.05, 4.69) is 54.6 Å². The molecule has 4 nitrogen and oxygen atoms in total. The average Bonchev–Trinajstić information content (AvgIpc) is 3.11. The topological polar surface area (TPSA) is 55.8 Å². The summed E-state index contributed by atoms with van der Waals surface area (Å²) in [5.41, 5.74) is 7.08. The Morgan fingerprint density at radius 3 is 2.03 bits per heavy atom. The largest absolute Gasteiger partial charge is 0.490 e. The third-order valence-corrected chi connectivity index (χ3v) is 5.41. The molecule has 0 amide bonds. The molecule has 4 rings (SSSR count). The third-order valence-electron chi connectivity index (χ3n) is 5.41. The van der Waals surface area contributed by atoms with E-state index < -0.39 is 12.1 Å². The third kappa shape index (κ3) is 4.70. The number of rotatable bonds is 9. The Morgan fingerprint density at radius 1 is 0.903 bits per heavy atom. The summed E-state index contributed by atoms with van der Waals surface area (Å²) in [5, 5.41) is 9.32. The number of fused-ring (bicyclic) bond motifs is 3. The highest BCUT2D eigenvalue weighted by Crippen LogP contribution is 2.43. The minimum absolute atomic E-state index is 0.341. The van der Waals surface area contributed by atoms with Crippen molar-refractivity contribution in [3.05, 3.63) is 95.6 Å². The lowest BCUT2D eigenvalue weighted by molar-refractivity contribution is -0.150. The molecule has 0 fully saturated rings. The molecular weight excluding hydrogens is 388 g/mol. The maximum atomic E-state index is 11.4. The van der Waals surface area contributed by atoms with E-state index in [-0.39, 0.29) is 0 Å². The van der Waals surface area contributed by atoms with E-state index in [1.54, 1.807) is 0 Å². The summed E-state index contributed by atoms with van der Waals surface area (Å²) in [5.74, 6) is -0.181. The molecule has 3 aromatic rings. The lowest BCUT2D eigenvalue weighted by Gasteiger charge is -2.13. The molecule has 0 heterocycles. The fourth-order valence-electron chi connectivity index (χ4n) is 3.91. The summed E-state index contributed by atoms with van der Waals surface area (Å²) < 4.78 is 11.4. The number of carbonyl (C=O) groups is 1. The fourth-order valence-corrected chi connectivity index (χ4v) is 3.91. The van der Waals surface area contributed by atoms with Crippen molar-refractivity contribution < 1.29 is 19.4 Å². The highest BCUT2D eigenvalue weighted by molar-refractivity contribution is 6.01. The Labute approximate surface area is 182 Å². The van der Waals surface area contributed by atoms with Gasteiger partial charge in [-0.15, -0.1) is 0 Å². The van der Waals surface area contributed by atoms with Crippen LogP contribution in [0.2, 0.25) is 0 Å². The number of carboxylic acid groups (broad SMARTS) is 1.